The summed E-state index contributed by atoms with van der Waals surface area (Å²) in [6, 6.07) is 13.9. The van der Waals surface area contributed by atoms with Crippen molar-refractivity contribution in [3.63, 3.8) is 0 Å². The Morgan fingerprint density at radius 3 is 2.81 bits per heavy atom. The number of carbonyl (C=O) groups excluding carboxylic acids is 1. The maximum Gasteiger partial charge on any atom is 0.323 e. The lowest BCUT2D eigenvalue weighted by molar-refractivity contribution is 0.194. The number of aromatic nitrogens is 1. The fourth-order valence-corrected chi connectivity index (χ4v) is 6.86. The van der Waals surface area contributed by atoms with Gasteiger partial charge in [-0.05, 0) is 80.1 Å². The van der Waals surface area contributed by atoms with Gasteiger partial charge in [0.2, 0.25) is 0 Å². The van der Waals surface area contributed by atoms with Crippen LogP contribution in [-0.2, 0) is 19.4 Å². The van der Waals surface area contributed by atoms with Gasteiger partial charge in [-0.2, -0.15) is 0 Å². The summed E-state index contributed by atoms with van der Waals surface area (Å²) < 4.78 is 36.4. The van der Waals surface area contributed by atoms with Gasteiger partial charge < -0.3 is 19.5 Å². The van der Waals surface area contributed by atoms with Crippen LogP contribution in [-0.4, -0.2) is 22.1 Å². The molecule has 1 aliphatic heterocycles. The first-order chi connectivity index (χ1) is 18.0. The van der Waals surface area contributed by atoms with Crippen molar-refractivity contribution >= 4 is 23.1 Å². The molecule has 0 bridgehead atoms. The predicted molar refractivity (Wildman–Crippen MR) is 141 cm³/mol. The molecular weight excluding hydrogens is 492 g/mol. The van der Waals surface area contributed by atoms with E-state index >= 15 is 0 Å². The second-order valence-electron chi connectivity index (χ2n) is 9.39. The monoisotopic (exact) mass is 519 g/mol. The lowest BCUT2D eigenvalue weighted by Crippen LogP contribution is -2.38. The smallest absolute Gasteiger partial charge is 0.323 e. The van der Waals surface area contributed by atoms with E-state index in [0.29, 0.717) is 18.9 Å². The summed E-state index contributed by atoms with van der Waals surface area (Å²) in [5.74, 6) is -0.584. The van der Waals surface area contributed by atoms with Crippen LogP contribution >= 0.6 is 11.3 Å². The van der Waals surface area contributed by atoms with E-state index in [1.807, 2.05) is 49.5 Å². The zero-order valence-electron chi connectivity index (χ0n) is 20.5. The fraction of sp³-hybridized carbons (Fsp3) is 0.276. The number of aryl methyl sites for hydroxylation is 1. The molecule has 0 fully saturated rings. The number of benzene rings is 2. The van der Waals surface area contributed by atoms with Gasteiger partial charge in [0.15, 0.2) is 0 Å². The lowest BCUT2D eigenvalue weighted by Gasteiger charge is -2.31. The van der Waals surface area contributed by atoms with Crippen LogP contribution in [0, 0.1) is 11.6 Å². The lowest BCUT2D eigenvalue weighted by atomic mass is 9.95. The maximum absolute atomic E-state index is 14.5. The molecule has 0 radical (unpaired) electrons. The third kappa shape index (κ3) is 4.29. The Bertz CT molecular complexity index is 1480. The SMILES string of the molecule is CCOc1cccc([C@H]2c3cccn3-c3sc4c(c3CN2C(=O)Nc2cc(F)ccc2F)CCCC4)c1. The van der Waals surface area contributed by atoms with E-state index in [2.05, 4.69) is 9.88 Å². The maximum atomic E-state index is 14.5. The van der Waals surface area contributed by atoms with Gasteiger partial charge in [0.1, 0.15) is 22.4 Å². The molecule has 2 aromatic carbocycles. The largest absolute Gasteiger partial charge is 0.494 e. The third-order valence-electron chi connectivity index (χ3n) is 7.09. The molecule has 0 saturated carbocycles. The average Bonchev–Trinajstić information content (AvgIpc) is 3.48. The van der Waals surface area contributed by atoms with Crippen LogP contribution in [0.15, 0.2) is 60.8 Å². The summed E-state index contributed by atoms with van der Waals surface area (Å²) in [6.45, 7) is 2.81. The van der Waals surface area contributed by atoms with Gasteiger partial charge in [0, 0.05) is 22.7 Å². The first-order valence-corrected chi connectivity index (χ1v) is 13.4. The van der Waals surface area contributed by atoms with Gasteiger partial charge in [-0.15, -0.1) is 11.3 Å². The molecule has 3 heterocycles. The van der Waals surface area contributed by atoms with E-state index < -0.39 is 23.7 Å². The zero-order valence-corrected chi connectivity index (χ0v) is 21.3. The Labute approximate surface area is 218 Å². The first-order valence-electron chi connectivity index (χ1n) is 12.6. The molecule has 0 saturated heterocycles. The summed E-state index contributed by atoms with van der Waals surface area (Å²) in [5.41, 5.74) is 4.09. The Hall–Kier alpha value is -3.65. The molecule has 8 heteroatoms. The molecular formula is C29H27F2N3O2S. The zero-order chi connectivity index (χ0) is 25.5. The second kappa shape index (κ2) is 9.67. The number of ether oxygens (including phenoxy) is 1. The first kappa shape index (κ1) is 23.7. The van der Waals surface area contributed by atoms with Gasteiger partial charge in [-0.25, -0.2) is 13.6 Å². The Morgan fingerprint density at radius 1 is 1.08 bits per heavy atom. The number of hydrogen-bond acceptors (Lipinski definition) is 3. The highest BCUT2D eigenvalue weighted by molar-refractivity contribution is 7.15. The van der Waals surface area contributed by atoms with E-state index in [0.717, 1.165) is 59.3 Å². The second-order valence-corrected chi connectivity index (χ2v) is 10.5. The number of carbonyl (C=O) groups is 1. The van der Waals surface area contributed by atoms with Crippen LogP contribution < -0.4 is 10.1 Å². The van der Waals surface area contributed by atoms with Gasteiger partial charge >= 0.3 is 6.03 Å². The highest BCUT2D eigenvalue weighted by atomic mass is 32.1. The molecule has 2 aromatic heterocycles. The van der Waals surface area contributed by atoms with Gasteiger partial charge in [0.25, 0.3) is 0 Å². The number of anilines is 1. The Kier molecular flexibility index (Phi) is 6.20. The van der Waals surface area contributed by atoms with E-state index in [-0.39, 0.29) is 5.69 Å². The number of rotatable bonds is 4. The van der Waals surface area contributed by atoms with E-state index in [4.69, 9.17) is 4.74 Å². The summed E-state index contributed by atoms with van der Waals surface area (Å²) >= 11 is 1.80. The van der Waals surface area contributed by atoms with Crippen LogP contribution in [0.4, 0.5) is 19.3 Å². The number of hydrogen-bond donors (Lipinski definition) is 1. The summed E-state index contributed by atoms with van der Waals surface area (Å²) in [4.78, 5) is 17.0. The number of nitrogens with one attached hydrogen (secondary N) is 1. The molecule has 1 atom stereocenters. The van der Waals surface area contributed by atoms with Crippen molar-refractivity contribution in [2.45, 2.75) is 45.2 Å². The third-order valence-corrected chi connectivity index (χ3v) is 8.43. The number of amides is 2. The number of urea groups is 1. The highest BCUT2D eigenvalue weighted by Gasteiger charge is 2.36. The van der Waals surface area contributed by atoms with E-state index in [9.17, 15) is 13.6 Å². The number of nitrogens with zero attached hydrogens (tertiary/aromatic N) is 2. The summed E-state index contributed by atoms with van der Waals surface area (Å²) in [6.07, 6.45) is 6.36. The van der Waals surface area contributed by atoms with Crippen LogP contribution in [0.25, 0.3) is 5.00 Å². The fourth-order valence-electron chi connectivity index (χ4n) is 5.46. The molecule has 4 aromatic rings. The average molecular weight is 520 g/mol. The molecule has 2 amide bonds. The van der Waals surface area contributed by atoms with E-state index in [1.54, 1.807) is 16.2 Å². The molecule has 1 aliphatic carbocycles. The molecule has 190 valence electrons. The van der Waals surface area contributed by atoms with E-state index in [1.165, 1.54) is 16.9 Å². The number of halogens is 2. The molecule has 0 unspecified atom stereocenters. The van der Waals surface area contributed by atoms with Crippen LogP contribution in [0.2, 0.25) is 0 Å². The van der Waals surface area contributed by atoms with Gasteiger partial charge in [-0.3, -0.25) is 0 Å². The van der Waals surface area contributed by atoms with Crippen LogP contribution in [0.5, 0.6) is 5.75 Å². The molecule has 0 spiro atoms. The standard InChI is InChI=1S/C29H27F2N3O2S/c1-2-36-20-8-5-7-18(15-20)27-25-10-6-14-33(25)28-22(21-9-3-4-11-26(21)37-28)17-34(27)29(35)32-24-16-19(30)12-13-23(24)31/h5-8,10,12-16,27H,2-4,9,11,17H2,1H3,(H,32,35)/t27-/m0/s1. The molecule has 5 nitrogen and oxygen atoms in total. The van der Waals surface area contributed by atoms with Crippen molar-refractivity contribution in [2.24, 2.45) is 0 Å². The minimum Gasteiger partial charge on any atom is -0.494 e. The van der Waals surface area contributed by atoms with Crippen molar-refractivity contribution in [1.29, 1.82) is 0 Å². The van der Waals surface area contributed by atoms with Crippen LogP contribution in [0.1, 0.15) is 53.1 Å². The minimum absolute atomic E-state index is 0.181. The molecule has 37 heavy (non-hydrogen) atoms. The van der Waals surface area contributed by atoms with Crippen LogP contribution in [0.3, 0.4) is 0 Å². The number of fused-ring (bicyclic) bond motifs is 5. The normalized spacial score (nSPS) is 16.4. The molecule has 2 aliphatic rings. The van der Waals surface area contributed by atoms with Gasteiger partial charge in [-0.1, -0.05) is 12.1 Å². The van der Waals surface area contributed by atoms with Crippen molar-refractivity contribution < 1.29 is 18.3 Å². The number of thiophene rings is 1. The molecule has 1 N–H and O–H groups in total. The highest BCUT2D eigenvalue weighted by Crippen LogP contribution is 2.44. The van der Waals surface area contributed by atoms with Crippen molar-refractivity contribution in [3.05, 3.63) is 99.7 Å². The minimum atomic E-state index is -0.684. The molecule has 6 rings (SSSR count). The topological polar surface area (TPSA) is 46.5 Å². The van der Waals surface area contributed by atoms with Gasteiger partial charge in [0.05, 0.1) is 30.6 Å². The van der Waals surface area contributed by atoms with Crippen molar-refractivity contribution in [1.82, 2.24) is 9.47 Å². The predicted octanol–water partition coefficient (Wildman–Crippen LogP) is 7.23. The Balaban J connectivity index is 1.50. The summed E-state index contributed by atoms with van der Waals surface area (Å²) in [5, 5.41) is 3.78. The Morgan fingerprint density at radius 2 is 1.95 bits per heavy atom. The summed E-state index contributed by atoms with van der Waals surface area (Å²) in [7, 11) is 0. The van der Waals surface area contributed by atoms with Crippen molar-refractivity contribution in [3.8, 4) is 10.8 Å². The quantitative estimate of drug-likeness (QED) is 0.309. The van der Waals surface area contributed by atoms with Crippen molar-refractivity contribution in [2.75, 3.05) is 11.9 Å².